The lowest BCUT2D eigenvalue weighted by Gasteiger charge is -2.06. The lowest BCUT2D eigenvalue weighted by atomic mass is 10.0. The Morgan fingerprint density at radius 2 is 0.390 bits per heavy atom. The number of benzene rings is 1. The third kappa shape index (κ3) is 27.0. The van der Waals surface area contributed by atoms with Gasteiger partial charge in [-0.2, -0.15) is 0 Å². The number of unbranched alkanes of at least 4 members (excludes halogenated alkanes) is 30. The third-order valence-electron chi connectivity index (χ3n) is 23.8. The molecule has 0 atom stereocenters. The quantitative estimate of drug-likeness (QED) is 0.0357. The minimum atomic E-state index is 1.01. The summed E-state index contributed by atoms with van der Waals surface area (Å²) >= 11 is 20.2. The maximum absolute atomic E-state index is 6.01. The molecule has 11 aromatic rings. The van der Waals surface area contributed by atoms with Crippen molar-refractivity contribution in [2.75, 3.05) is 0 Å². The van der Waals surface area contributed by atoms with E-state index < -0.39 is 0 Å². The number of aryl methyl sites for hydroxylation is 12. The summed E-state index contributed by atoms with van der Waals surface area (Å²) in [5.74, 6) is 0. The second-order valence-electron chi connectivity index (χ2n) is 34.1. The number of thiophene rings is 6. The van der Waals surface area contributed by atoms with Crippen LogP contribution in [0, 0.1) is 13.8 Å². The average Bonchev–Trinajstić information content (AvgIpc) is 1.61. The summed E-state index contributed by atoms with van der Waals surface area (Å²) in [6, 6.07) is 25.3. The molecular weight excluding hydrogens is 1630 g/mol. The molecule has 0 unspecified atom stereocenters. The van der Waals surface area contributed by atoms with Crippen LogP contribution in [-0.4, -0.2) is 19.9 Å². The van der Waals surface area contributed by atoms with E-state index in [0.717, 1.165) is 57.8 Å². The van der Waals surface area contributed by atoms with Crippen molar-refractivity contribution < 1.29 is 0 Å². The van der Waals surface area contributed by atoms with Gasteiger partial charge >= 0.3 is 0 Å². The lowest BCUT2D eigenvalue weighted by Crippen LogP contribution is -1.93. The van der Waals surface area contributed by atoms with Crippen LogP contribution in [0.25, 0.3) is 99.4 Å². The molecule has 0 saturated heterocycles. The summed E-state index contributed by atoms with van der Waals surface area (Å²) in [4.78, 5) is 46.2. The molecule has 0 saturated carbocycles. The van der Waals surface area contributed by atoms with Crippen molar-refractivity contribution in [1.29, 1.82) is 0 Å². The first-order chi connectivity index (χ1) is 57.9. The fourth-order valence-electron chi connectivity index (χ4n) is 17.0. The Labute approximate surface area is 756 Å². The van der Waals surface area contributed by atoms with E-state index in [9.17, 15) is 0 Å². The molecule has 0 N–H and O–H groups in total. The highest BCUT2D eigenvalue weighted by Crippen LogP contribution is 2.54. The van der Waals surface area contributed by atoms with Gasteiger partial charge in [-0.1, -0.05) is 286 Å². The molecule has 1 aromatic carbocycles. The number of thiazole rings is 4. The monoisotopic (exact) mass is 1770 g/mol. The van der Waals surface area contributed by atoms with Crippen molar-refractivity contribution in [3.05, 3.63) is 127 Å². The first kappa shape index (κ1) is 94.6. The minimum absolute atomic E-state index is 1.01. The number of hydrogen-bond acceptors (Lipinski definition) is 14. The van der Waals surface area contributed by atoms with Crippen LogP contribution in [0.3, 0.4) is 0 Å². The van der Waals surface area contributed by atoms with E-state index in [1.165, 1.54) is 423 Å². The Bertz CT molecular complexity index is 4690. The summed E-state index contributed by atoms with van der Waals surface area (Å²) in [5, 5.41) is 4.93. The predicted molar refractivity (Wildman–Crippen MR) is 539 cm³/mol. The molecule has 0 radical (unpaired) electrons. The summed E-state index contributed by atoms with van der Waals surface area (Å²) in [6.45, 7) is 28.1. The fraction of sp³-hybridized carbons (Fsp3) is 0.596. The second-order valence-corrected chi connectivity index (χ2v) is 44.9. The van der Waals surface area contributed by atoms with Crippen molar-refractivity contribution in [3.8, 4) is 99.4 Å². The Morgan fingerprint density at radius 3 is 0.686 bits per heavy atom. The molecule has 0 bridgehead atoms. The van der Waals surface area contributed by atoms with E-state index in [0.29, 0.717) is 0 Å². The van der Waals surface area contributed by atoms with Gasteiger partial charge in [0.2, 0.25) is 0 Å². The zero-order chi connectivity index (χ0) is 82.8. The zero-order valence-corrected chi connectivity index (χ0v) is 83.2. The Hall–Kier alpha value is -4.06. The standard InChI is InChI=1S/C104H146N4S10/c1-13-23-33-43-53-77-67-73(11)109-93(77)89-71-81(57-47-37-27-17-5)97(113-89)103-107-85(61-51-41-31-21-9)99(117-103)100-86(62-52-42-32-22-10)108-104(118-100)98-82(58-48-38-28-18-6)72-90(114-98)94-79(55-45-35-25-15-3)69-87(111-94)88-70-80(56-46-36-26-16-4)96(112-88)102-106-84(60-50-40-30-20-8)92(116-102)76-65-63-75(64-66-76)91-83(59-49-39-29-19-7)105-101(115-91)95-78(68-74(12)110-95)54-44-34-24-14-2/h63-72H,13-62H2,1-12H3. The van der Waals surface area contributed by atoms with Crippen molar-refractivity contribution in [2.45, 2.75) is 404 Å². The molecule has 10 heterocycles. The highest BCUT2D eigenvalue weighted by molar-refractivity contribution is 7.32. The van der Waals surface area contributed by atoms with E-state index in [1.54, 1.807) is 5.56 Å². The first-order valence-corrected chi connectivity index (χ1v) is 55.9. The topological polar surface area (TPSA) is 51.6 Å². The maximum Gasteiger partial charge on any atom is 0.134 e. The van der Waals surface area contributed by atoms with Gasteiger partial charge in [0.1, 0.15) is 20.0 Å². The molecule has 0 aliphatic rings. The molecule has 0 aliphatic carbocycles. The fourth-order valence-corrected chi connectivity index (χ4v) is 29.3. The van der Waals surface area contributed by atoms with E-state index in [-0.39, 0.29) is 0 Å². The number of rotatable bonds is 60. The highest BCUT2D eigenvalue weighted by Gasteiger charge is 2.30. The van der Waals surface area contributed by atoms with Crippen molar-refractivity contribution in [2.24, 2.45) is 0 Å². The largest absolute Gasteiger partial charge is 0.240 e. The molecule has 0 amide bonds. The summed E-state index contributed by atoms with van der Waals surface area (Å²) in [5.41, 5.74) is 17.0. The van der Waals surface area contributed by atoms with Crippen LogP contribution in [0.2, 0.25) is 0 Å². The van der Waals surface area contributed by atoms with E-state index in [4.69, 9.17) is 19.9 Å². The average molecular weight is 1770 g/mol. The first-order valence-electron chi connectivity index (χ1n) is 47.8. The van der Waals surface area contributed by atoms with Crippen LogP contribution in [0.5, 0.6) is 0 Å². The molecule has 118 heavy (non-hydrogen) atoms. The molecule has 14 heteroatoms. The summed E-state index contributed by atoms with van der Waals surface area (Å²) in [6.07, 6.45) is 61.0. The van der Waals surface area contributed by atoms with Gasteiger partial charge in [-0.3, -0.25) is 0 Å². The van der Waals surface area contributed by atoms with Gasteiger partial charge in [0.05, 0.1) is 61.8 Å². The molecular formula is C104H146N4S10. The third-order valence-corrected chi connectivity index (χ3v) is 36.6. The molecule has 0 spiro atoms. The highest BCUT2D eigenvalue weighted by atomic mass is 32.1. The molecule has 642 valence electrons. The normalized spacial score (nSPS) is 11.9. The van der Waals surface area contributed by atoms with Crippen molar-refractivity contribution in [1.82, 2.24) is 19.9 Å². The summed E-state index contributed by atoms with van der Waals surface area (Å²) < 4.78 is 0. The van der Waals surface area contributed by atoms with Crippen molar-refractivity contribution >= 4 is 113 Å². The smallest absolute Gasteiger partial charge is 0.134 e. The van der Waals surface area contributed by atoms with E-state index in [2.05, 4.69) is 178 Å². The lowest BCUT2D eigenvalue weighted by molar-refractivity contribution is 0.660. The van der Waals surface area contributed by atoms with Gasteiger partial charge in [-0.15, -0.1) is 113 Å². The minimum Gasteiger partial charge on any atom is -0.240 e. The van der Waals surface area contributed by atoms with Gasteiger partial charge in [0, 0.05) is 39.0 Å². The van der Waals surface area contributed by atoms with Crippen LogP contribution in [0.1, 0.15) is 392 Å². The van der Waals surface area contributed by atoms with Gasteiger partial charge in [-0.05, 0) is 223 Å². The van der Waals surface area contributed by atoms with Crippen LogP contribution in [-0.2, 0) is 64.2 Å². The molecule has 11 rings (SSSR count). The van der Waals surface area contributed by atoms with Gasteiger partial charge in [-0.25, -0.2) is 19.9 Å². The maximum atomic E-state index is 6.01. The Morgan fingerprint density at radius 1 is 0.186 bits per heavy atom. The van der Waals surface area contributed by atoms with Gasteiger partial charge in [0.25, 0.3) is 0 Å². The predicted octanol–water partition coefficient (Wildman–Crippen LogP) is 38.4. The number of nitrogens with zero attached hydrogens (tertiary/aromatic N) is 4. The van der Waals surface area contributed by atoms with Crippen molar-refractivity contribution in [3.63, 3.8) is 0 Å². The zero-order valence-electron chi connectivity index (χ0n) is 75.0. The number of aromatic nitrogens is 4. The van der Waals surface area contributed by atoms with Gasteiger partial charge in [0.15, 0.2) is 0 Å². The Kier molecular flexibility index (Phi) is 41.2. The van der Waals surface area contributed by atoms with E-state index >= 15 is 0 Å². The molecule has 4 nitrogen and oxygen atoms in total. The molecule has 0 aliphatic heterocycles. The van der Waals surface area contributed by atoms with Gasteiger partial charge < -0.3 is 0 Å². The van der Waals surface area contributed by atoms with E-state index in [1.807, 2.05) is 79.4 Å². The second kappa shape index (κ2) is 51.4. The molecule has 10 aromatic heterocycles. The van der Waals surface area contributed by atoms with Crippen LogP contribution in [0.15, 0.2) is 60.7 Å². The Balaban J connectivity index is 0.986. The number of hydrogen-bond donors (Lipinski definition) is 0. The summed E-state index contributed by atoms with van der Waals surface area (Å²) in [7, 11) is 0. The van der Waals surface area contributed by atoms with Crippen LogP contribution < -0.4 is 0 Å². The molecule has 0 fully saturated rings. The van der Waals surface area contributed by atoms with Crippen LogP contribution >= 0.6 is 113 Å². The SMILES string of the molecule is CCCCCCc1cc(C)sc1-c1cc(CCCCCC)c(-c2nc(CCCCCC)c(-c3sc(-c4sc(-c5sc(-c6cc(CCCCCC)c(-c7nc(CCCCCC)c(-c8ccc(-c9sc(-c%10sc(C)cc%10CCCCCC)nc9CCCCCC)cc8)s7)s6)cc5CCCCCC)cc4CCCCCC)nc3CCCCCC)s2)s1. The van der Waals surface area contributed by atoms with Crippen LogP contribution in [0.4, 0.5) is 0 Å².